The maximum absolute atomic E-state index is 13.0. The minimum absolute atomic E-state index is 0.00819. The molecule has 1 aromatic rings. The first-order valence-electron chi connectivity index (χ1n) is 9.55. The molecule has 1 atom stereocenters. The van der Waals surface area contributed by atoms with Crippen molar-refractivity contribution in [2.45, 2.75) is 32.1 Å². The summed E-state index contributed by atoms with van der Waals surface area (Å²) in [6.45, 7) is 2.84. The van der Waals surface area contributed by atoms with Gasteiger partial charge in [-0.3, -0.25) is 9.59 Å². The number of allylic oxidation sites excluding steroid dienone is 2. The molecule has 0 bridgehead atoms. The molecule has 1 aromatic carbocycles. The number of ketones is 1. The van der Waals surface area contributed by atoms with Crippen molar-refractivity contribution < 1.29 is 24.2 Å². The van der Waals surface area contributed by atoms with Gasteiger partial charge in [-0.2, -0.15) is 0 Å². The number of nitrogens with zero attached hydrogens (tertiary/aromatic N) is 1. The van der Waals surface area contributed by atoms with E-state index in [2.05, 4.69) is 5.32 Å². The average Bonchev–Trinajstić information content (AvgIpc) is 2.68. The molecule has 0 spiro atoms. The van der Waals surface area contributed by atoms with Crippen molar-refractivity contribution >= 4 is 17.7 Å². The van der Waals surface area contributed by atoms with Crippen LogP contribution >= 0.6 is 0 Å². The highest BCUT2D eigenvalue weighted by Gasteiger charge is 2.45. The van der Waals surface area contributed by atoms with Crippen LogP contribution in [0.4, 0.5) is 0 Å². The summed E-state index contributed by atoms with van der Waals surface area (Å²) in [6, 6.07) is 6.40. The number of amides is 1. The van der Waals surface area contributed by atoms with Gasteiger partial charge in [0.05, 0.1) is 12.2 Å². The van der Waals surface area contributed by atoms with E-state index in [0.717, 1.165) is 12.1 Å². The molecule has 1 amide bonds. The smallest absolute Gasteiger partial charge is 0.337 e. The third kappa shape index (κ3) is 2.87. The van der Waals surface area contributed by atoms with Gasteiger partial charge in [0, 0.05) is 36.7 Å². The Balaban J connectivity index is 1.98. The van der Waals surface area contributed by atoms with Crippen LogP contribution < -0.4 is 5.32 Å². The van der Waals surface area contributed by atoms with Crippen LogP contribution in [0.1, 0.15) is 37.7 Å². The number of carbonyl (C=O) groups is 3. The Morgan fingerprint density at radius 1 is 1.25 bits per heavy atom. The zero-order valence-electron chi connectivity index (χ0n) is 15.7. The van der Waals surface area contributed by atoms with Crippen LogP contribution in [-0.4, -0.2) is 47.4 Å². The van der Waals surface area contributed by atoms with Crippen molar-refractivity contribution in [3.8, 4) is 5.75 Å². The maximum Gasteiger partial charge on any atom is 0.337 e. The minimum Gasteiger partial charge on any atom is -0.508 e. The Morgan fingerprint density at radius 3 is 2.71 bits per heavy atom. The number of benzene rings is 1. The summed E-state index contributed by atoms with van der Waals surface area (Å²) in [5.41, 5.74) is 2.54. The molecule has 2 N–H and O–H groups in total. The van der Waals surface area contributed by atoms with E-state index in [4.69, 9.17) is 4.74 Å². The van der Waals surface area contributed by atoms with Crippen LogP contribution in [0, 0.1) is 0 Å². The van der Waals surface area contributed by atoms with Gasteiger partial charge < -0.3 is 20.1 Å². The predicted molar refractivity (Wildman–Crippen MR) is 100 cm³/mol. The summed E-state index contributed by atoms with van der Waals surface area (Å²) < 4.78 is 5.28. The van der Waals surface area contributed by atoms with Gasteiger partial charge in [-0.05, 0) is 37.5 Å². The number of Topliss-reactive ketones (excluding diaryl/α,β-unsaturated/α-hetero) is 1. The zero-order valence-corrected chi connectivity index (χ0v) is 15.7. The lowest BCUT2D eigenvalue weighted by Gasteiger charge is -2.43. The number of esters is 1. The first-order valence-corrected chi connectivity index (χ1v) is 9.55. The highest BCUT2D eigenvalue weighted by atomic mass is 16.5. The van der Waals surface area contributed by atoms with Gasteiger partial charge in [0.25, 0.3) is 5.91 Å². The zero-order chi connectivity index (χ0) is 19.8. The van der Waals surface area contributed by atoms with E-state index < -0.39 is 11.9 Å². The molecule has 7 heteroatoms. The Morgan fingerprint density at radius 2 is 2.00 bits per heavy atom. The first-order chi connectivity index (χ1) is 13.5. The van der Waals surface area contributed by atoms with Crippen molar-refractivity contribution in [1.82, 2.24) is 10.2 Å². The van der Waals surface area contributed by atoms with E-state index in [9.17, 15) is 19.5 Å². The summed E-state index contributed by atoms with van der Waals surface area (Å²) in [4.78, 5) is 40.5. The fourth-order valence-corrected chi connectivity index (χ4v) is 4.30. The van der Waals surface area contributed by atoms with Crippen molar-refractivity contribution in [1.29, 1.82) is 0 Å². The highest BCUT2D eigenvalue weighted by molar-refractivity contribution is 6.09. The number of rotatable bonds is 3. The first kappa shape index (κ1) is 18.3. The van der Waals surface area contributed by atoms with Gasteiger partial charge in [0.2, 0.25) is 0 Å². The number of hydrogen-bond acceptors (Lipinski definition) is 6. The Kier molecular flexibility index (Phi) is 4.66. The quantitative estimate of drug-likeness (QED) is 0.774. The van der Waals surface area contributed by atoms with Gasteiger partial charge >= 0.3 is 5.97 Å². The molecule has 146 valence electrons. The monoisotopic (exact) mass is 382 g/mol. The molecule has 28 heavy (non-hydrogen) atoms. The van der Waals surface area contributed by atoms with Gasteiger partial charge in [-0.15, -0.1) is 0 Å². The molecular formula is C21H22N2O5. The van der Waals surface area contributed by atoms with Crippen LogP contribution in [0.3, 0.4) is 0 Å². The number of piperazine rings is 1. The fraction of sp³-hybridized carbons (Fsp3) is 0.381. The molecule has 3 aliphatic rings. The van der Waals surface area contributed by atoms with Gasteiger partial charge in [-0.1, -0.05) is 12.1 Å². The Labute approximate surface area is 162 Å². The van der Waals surface area contributed by atoms with Crippen molar-refractivity contribution in [3.05, 3.63) is 52.4 Å². The number of phenolic OH excluding ortho intramolecular Hbond substituents is 1. The summed E-state index contributed by atoms with van der Waals surface area (Å²) in [6.07, 6.45) is 1.82. The molecule has 0 aromatic heterocycles. The van der Waals surface area contributed by atoms with E-state index in [1.807, 2.05) is 4.90 Å². The summed E-state index contributed by atoms with van der Waals surface area (Å²) in [5, 5.41) is 12.5. The standard InChI is InChI=1S/C21H22N2O5/c1-2-28-21(27)18-16(12-6-8-13(24)9-7-12)17-14(4-3-5-15(17)25)23-11-10-22-20(26)19(18)23/h6-9,16,24H,2-5,10-11H2,1H3,(H,22,26). The van der Waals surface area contributed by atoms with E-state index in [1.165, 1.54) is 12.1 Å². The topological polar surface area (TPSA) is 95.9 Å². The summed E-state index contributed by atoms with van der Waals surface area (Å²) in [5.74, 6) is -1.53. The SMILES string of the molecule is CCOC(=O)C1=C2C(=O)NCCN2C2=C(C(=O)CCC2)C1c1ccc(O)cc1. The summed E-state index contributed by atoms with van der Waals surface area (Å²) >= 11 is 0. The van der Waals surface area contributed by atoms with Crippen LogP contribution in [0.2, 0.25) is 0 Å². The predicted octanol–water partition coefficient (Wildman–Crippen LogP) is 1.75. The number of carbonyl (C=O) groups excluding carboxylic acids is 3. The molecule has 0 radical (unpaired) electrons. The molecular weight excluding hydrogens is 360 g/mol. The molecule has 4 rings (SSSR count). The number of ether oxygens (including phenoxy) is 1. The van der Waals surface area contributed by atoms with E-state index in [0.29, 0.717) is 37.1 Å². The lowest BCUT2D eigenvalue weighted by atomic mass is 9.74. The number of phenols is 1. The second kappa shape index (κ2) is 7.14. The molecule has 2 heterocycles. The molecule has 7 nitrogen and oxygen atoms in total. The van der Waals surface area contributed by atoms with Crippen LogP contribution in [0.25, 0.3) is 0 Å². The molecule has 1 saturated heterocycles. The van der Waals surface area contributed by atoms with E-state index in [1.54, 1.807) is 19.1 Å². The maximum atomic E-state index is 13.0. The van der Waals surface area contributed by atoms with Crippen LogP contribution in [0.5, 0.6) is 5.75 Å². The van der Waals surface area contributed by atoms with Crippen molar-refractivity contribution in [2.75, 3.05) is 19.7 Å². The molecule has 1 aliphatic carbocycles. The lowest BCUT2D eigenvalue weighted by molar-refractivity contribution is -0.139. The summed E-state index contributed by atoms with van der Waals surface area (Å²) in [7, 11) is 0. The van der Waals surface area contributed by atoms with Gasteiger partial charge in [-0.25, -0.2) is 4.79 Å². The third-order valence-corrected chi connectivity index (χ3v) is 5.41. The van der Waals surface area contributed by atoms with E-state index in [-0.39, 0.29) is 35.3 Å². The normalized spacial score (nSPS) is 21.9. The number of hydrogen-bond donors (Lipinski definition) is 2. The third-order valence-electron chi connectivity index (χ3n) is 5.41. The Bertz CT molecular complexity index is 913. The second-order valence-corrected chi connectivity index (χ2v) is 7.05. The fourth-order valence-electron chi connectivity index (χ4n) is 4.30. The van der Waals surface area contributed by atoms with Gasteiger partial charge in [0.15, 0.2) is 5.78 Å². The highest BCUT2D eigenvalue weighted by Crippen LogP contribution is 2.46. The van der Waals surface area contributed by atoms with Crippen molar-refractivity contribution in [3.63, 3.8) is 0 Å². The molecule has 0 saturated carbocycles. The number of nitrogens with one attached hydrogen (secondary N) is 1. The van der Waals surface area contributed by atoms with Gasteiger partial charge in [0.1, 0.15) is 11.4 Å². The molecule has 2 aliphatic heterocycles. The second-order valence-electron chi connectivity index (χ2n) is 7.05. The van der Waals surface area contributed by atoms with E-state index >= 15 is 0 Å². The van der Waals surface area contributed by atoms with Crippen LogP contribution in [0.15, 0.2) is 46.8 Å². The number of aromatic hydroxyl groups is 1. The number of fused-ring (bicyclic) bond motifs is 2. The molecule has 1 fully saturated rings. The van der Waals surface area contributed by atoms with Crippen molar-refractivity contribution in [2.24, 2.45) is 0 Å². The molecule has 1 unspecified atom stereocenters. The minimum atomic E-state index is -0.683. The average molecular weight is 382 g/mol. The Hall–Kier alpha value is -3.09. The van der Waals surface area contributed by atoms with Crippen LogP contribution in [-0.2, 0) is 19.1 Å². The lowest BCUT2D eigenvalue weighted by Crippen LogP contribution is -2.50. The largest absolute Gasteiger partial charge is 0.508 e.